The van der Waals surface area contributed by atoms with E-state index in [0.29, 0.717) is 52.8 Å². The van der Waals surface area contributed by atoms with E-state index >= 15 is 0 Å². The Bertz CT molecular complexity index is 982. The van der Waals surface area contributed by atoms with Gasteiger partial charge in [-0.1, -0.05) is 23.7 Å². The number of aromatic nitrogens is 2. The maximum Gasteiger partial charge on any atom is 0.416 e. The fraction of sp³-hybridized carbons (Fsp3) is 0.294. The lowest BCUT2D eigenvalue weighted by molar-refractivity contribution is -0.137. The Hall–Kier alpha value is -2.11. The van der Waals surface area contributed by atoms with E-state index in [4.69, 9.17) is 11.6 Å². The normalized spacial score (nSPS) is 19.2. The van der Waals surface area contributed by atoms with E-state index in [0.717, 1.165) is 23.9 Å². The van der Waals surface area contributed by atoms with E-state index in [-0.39, 0.29) is 5.91 Å². The van der Waals surface area contributed by atoms with Crippen LogP contribution >= 0.6 is 35.1 Å². The molecule has 1 saturated heterocycles. The van der Waals surface area contributed by atoms with Crippen LogP contribution < -0.4 is 4.90 Å². The maximum absolute atomic E-state index is 12.7. The summed E-state index contributed by atoms with van der Waals surface area (Å²) in [6.45, 7) is 2.61. The number of amidine groups is 1. The van der Waals surface area contributed by atoms with Crippen molar-refractivity contribution in [3.8, 4) is 0 Å². The zero-order valence-electron chi connectivity index (χ0n) is 14.7. The second-order valence-corrected chi connectivity index (χ2v) is 8.18. The first-order chi connectivity index (χ1) is 13.8. The summed E-state index contributed by atoms with van der Waals surface area (Å²) in [4.78, 5) is 20.7. The second-order valence-electron chi connectivity index (χ2n) is 6.28. The molecule has 1 fully saturated rings. The number of nitrogens with zero attached hydrogens (tertiary/aromatic N) is 5. The van der Waals surface area contributed by atoms with Crippen molar-refractivity contribution in [2.45, 2.75) is 6.18 Å². The molecule has 6 nitrogen and oxygen atoms in total. The fourth-order valence-electron chi connectivity index (χ4n) is 2.92. The Morgan fingerprint density at radius 1 is 1.03 bits per heavy atom. The summed E-state index contributed by atoms with van der Waals surface area (Å²) >= 11 is 8.31. The summed E-state index contributed by atoms with van der Waals surface area (Å²) in [6, 6.07) is 4.67. The summed E-state index contributed by atoms with van der Waals surface area (Å²) in [5, 5.41) is 0.975. The molecule has 0 unspecified atom stereocenters. The third kappa shape index (κ3) is 4.41. The zero-order valence-corrected chi connectivity index (χ0v) is 17.1. The van der Waals surface area contributed by atoms with Gasteiger partial charge in [-0.05, 0) is 35.5 Å². The molecule has 2 aliphatic heterocycles. The molecule has 1 aromatic heterocycles. The number of carbonyl (C=O) groups excluding carboxylic acids is 1. The van der Waals surface area contributed by atoms with E-state index in [2.05, 4.69) is 13.7 Å². The Morgan fingerprint density at radius 2 is 1.69 bits per heavy atom. The van der Waals surface area contributed by atoms with Gasteiger partial charge in [0.25, 0.3) is 5.91 Å². The number of halogens is 4. The van der Waals surface area contributed by atoms with Gasteiger partial charge in [-0.15, -0.1) is 0 Å². The Labute approximate surface area is 177 Å². The second kappa shape index (κ2) is 7.96. The summed E-state index contributed by atoms with van der Waals surface area (Å²) in [7, 11) is 0. The molecule has 0 radical (unpaired) electrons. The highest BCUT2D eigenvalue weighted by Crippen LogP contribution is 2.33. The Kier molecular flexibility index (Phi) is 5.54. The number of carbonyl (C=O) groups is 1. The number of alkyl halides is 3. The van der Waals surface area contributed by atoms with Crippen LogP contribution in [0.4, 0.5) is 19.0 Å². The van der Waals surface area contributed by atoms with E-state index in [1.807, 2.05) is 9.80 Å². The standard InChI is InChI=1S/C17H13ClF3N5OS2/c18-13-14(24-29-23-13)25-5-7-26(8-6-25)16-22-15(27)12(28-16)9-10-1-3-11(4-2-10)17(19,20)21/h1-4,9H,5-8H2/b12-9-. The van der Waals surface area contributed by atoms with Gasteiger partial charge in [0.2, 0.25) is 0 Å². The van der Waals surface area contributed by atoms with E-state index < -0.39 is 11.7 Å². The molecule has 0 saturated carbocycles. The Morgan fingerprint density at radius 3 is 2.28 bits per heavy atom. The number of thioether (sulfide) groups is 1. The lowest BCUT2D eigenvalue weighted by atomic mass is 10.1. The average molecular weight is 460 g/mol. The number of amides is 1. The molecule has 1 amide bonds. The first kappa shape index (κ1) is 20.2. The number of hydrogen-bond donors (Lipinski definition) is 0. The molecule has 0 N–H and O–H groups in total. The topological polar surface area (TPSA) is 61.7 Å². The van der Waals surface area contributed by atoms with Gasteiger partial charge in [-0.25, -0.2) is 0 Å². The van der Waals surface area contributed by atoms with Crippen molar-refractivity contribution >= 4 is 58.1 Å². The largest absolute Gasteiger partial charge is 0.416 e. The zero-order chi connectivity index (χ0) is 20.6. The summed E-state index contributed by atoms with van der Waals surface area (Å²) in [5.74, 6) is 0.273. The minimum atomic E-state index is -4.39. The van der Waals surface area contributed by atoms with Crippen LogP contribution in [0.5, 0.6) is 0 Å². The predicted molar refractivity (Wildman–Crippen MR) is 108 cm³/mol. The molecule has 2 aliphatic rings. The maximum atomic E-state index is 12.7. The number of aliphatic imine (C=N–C) groups is 1. The molecule has 0 atom stereocenters. The van der Waals surface area contributed by atoms with Crippen molar-refractivity contribution < 1.29 is 18.0 Å². The number of piperazine rings is 1. The highest BCUT2D eigenvalue weighted by atomic mass is 35.5. The molecule has 29 heavy (non-hydrogen) atoms. The van der Waals surface area contributed by atoms with Crippen LogP contribution in [0.25, 0.3) is 6.08 Å². The lowest BCUT2D eigenvalue weighted by Crippen LogP contribution is -2.48. The first-order valence-electron chi connectivity index (χ1n) is 8.49. The molecule has 12 heteroatoms. The third-order valence-corrected chi connectivity index (χ3v) is 6.34. The van der Waals surface area contributed by atoms with Crippen molar-refractivity contribution in [2.75, 3.05) is 31.1 Å². The first-order valence-corrected chi connectivity index (χ1v) is 10.4. The van der Waals surface area contributed by atoms with Crippen LogP contribution in [0.15, 0.2) is 34.2 Å². The highest BCUT2D eigenvalue weighted by molar-refractivity contribution is 8.18. The smallest absolute Gasteiger partial charge is 0.350 e. The van der Waals surface area contributed by atoms with Gasteiger partial charge < -0.3 is 9.80 Å². The predicted octanol–water partition coefficient (Wildman–Crippen LogP) is 4.00. The third-order valence-electron chi connectivity index (χ3n) is 4.43. The van der Waals surface area contributed by atoms with Crippen molar-refractivity contribution in [1.82, 2.24) is 13.6 Å². The molecule has 0 spiro atoms. The number of rotatable bonds is 2. The van der Waals surface area contributed by atoms with Crippen LogP contribution in [-0.2, 0) is 11.0 Å². The molecule has 3 heterocycles. The van der Waals surface area contributed by atoms with Crippen molar-refractivity contribution in [3.05, 3.63) is 45.5 Å². The molecule has 4 rings (SSSR count). The van der Waals surface area contributed by atoms with Crippen molar-refractivity contribution in [3.63, 3.8) is 0 Å². The van der Waals surface area contributed by atoms with Gasteiger partial charge >= 0.3 is 6.18 Å². The quantitative estimate of drug-likeness (QED) is 0.632. The van der Waals surface area contributed by atoms with Crippen molar-refractivity contribution in [1.29, 1.82) is 0 Å². The van der Waals surface area contributed by atoms with Crippen LogP contribution in [0, 0.1) is 0 Å². The molecular weight excluding hydrogens is 447 g/mol. The molecule has 0 aliphatic carbocycles. The summed E-state index contributed by atoms with van der Waals surface area (Å²) < 4.78 is 46.2. The van der Waals surface area contributed by atoms with Gasteiger partial charge in [0.15, 0.2) is 16.1 Å². The molecular formula is C17H13ClF3N5OS2. The number of anilines is 1. The van der Waals surface area contributed by atoms with Crippen LogP contribution in [0.3, 0.4) is 0 Å². The van der Waals surface area contributed by atoms with E-state index in [1.165, 1.54) is 23.9 Å². The van der Waals surface area contributed by atoms with Crippen LogP contribution in [0.1, 0.15) is 11.1 Å². The molecule has 0 bridgehead atoms. The van der Waals surface area contributed by atoms with E-state index in [1.54, 1.807) is 6.08 Å². The van der Waals surface area contributed by atoms with E-state index in [9.17, 15) is 18.0 Å². The summed E-state index contributed by atoms with van der Waals surface area (Å²) in [6.07, 6.45) is -2.83. The van der Waals surface area contributed by atoms with Gasteiger partial charge in [0, 0.05) is 26.2 Å². The van der Waals surface area contributed by atoms with Crippen LogP contribution in [0.2, 0.25) is 5.15 Å². The van der Waals surface area contributed by atoms with Crippen LogP contribution in [-0.4, -0.2) is 50.9 Å². The molecule has 2 aromatic rings. The van der Waals surface area contributed by atoms with Gasteiger partial charge in [-0.2, -0.15) is 26.9 Å². The highest BCUT2D eigenvalue weighted by Gasteiger charge is 2.31. The Balaban J connectivity index is 1.40. The SMILES string of the molecule is O=C1N=C(N2CCN(c3nsnc3Cl)CC2)S/C1=C\c1ccc(C(F)(F)F)cc1. The average Bonchev–Trinajstić information content (AvgIpc) is 3.27. The van der Waals surface area contributed by atoms with Gasteiger partial charge in [0.1, 0.15) is 0 Å². The van der Waals surface area contributed by atoms with Crippen molar-refractivity contribution in [2.24, 2.45) is 4.99 Å². The lowest BCUT2D eigenvalue weighted by Gasteiger charge is -2.35. The molecule has 152 valence electrons. The minimum Gasteiger partial charge on any atom is -0.350 e. The monoisotopic (exact) mass is 459 g/mol. The minimum absolute atomic E-state index is 0.382. The summed E-state index contributed by atoms with van der Waals surface area (Å²) in [5.41, 5.74) is -0.212. The fourth-order valence-corrected chi connectivity index (χ4v) is 4.67. The van der Waals surface area contributed by atoms with Gasteiger partial charge in [0.05, 0.1) is 22.2 Å². The number of benzene rings is 1. The van der Waals surface area contributed by atoms with Gasteiger partial charge in [-0.3, -0.25) is 4.79 Å². The number of hydrogen-bond acceptors (Lipinski definition) is 7. The molecule has 1 aromatic carbocycles.